The smallest absolute Gasteiger partial charge is 0.184 e. The minimum Gasteiger partial charge on any atom is -0.289 e. The first-order chi connectivity index (χ1) is 7.22. The molecule has 15 heavy (non-hydrogen) atoms. The maximum absolute atomic E-state index is 11.9. The molecule has 0 spiro atoms. The van der Waals surface area contributed by atoms with E-state index in [1.807, 2.05) is 0 Å². The lowest BCUT2D eigenvalue weighted by atomic mass is 9.98. The van der Waals surface area contributed by atoms with Gasteiger partial charge in [-0.25, -0.2) is 0 Å². The summed E-state index contributed by atoms with van der Waals surface area (Å²) in [6.07, 6.45) is 5.24. The van der Waals surface area contributed by atoms with Gasteiger partial charge in [-0.05, 0) is 42.4 Å². The summed E-state index contributed by atoms with van der Waals surface area (Å²) < 4.78 is 0. The molecule has 0 saturated heterocycles. The van der Waals surface area contributed by atoms with Gasteiger partial charge in [0.05, 0.1) is 0 Å². The van der Waals surface area contributed by atoms with Crippen molar-refractivity contribution in [2.45, 2.75) is 52.9 Å². The van der Waals surface area contributed by atoms with Crippen molar-refractivity contribution < 1.29 is 5.11 Å². The first-order valence-electron chi connectivity index (χ1n) is 6.04. The number of aryl methyl sites for hydroxylation is 3. The zero-order valence-corrected chi connectivity index (χ0v) is 10.1. The molecule has 1 heteroatoms. The Bertz CT molecular complexity index is 290. The van der Waals surface area contributed by atoms with Crippen molar-refractivity contribution in [2.75, 3.05) is 0 Å². The van der Waals surface area contributed by atoms with Gasteiger partial charge in [0.15, 0.2) is 5.75 Å². The van der Waals surface area contributed by atoms with Crippen molar-refractivity contribution in [3.05, 3.63) is 28.8 Å². The lowest BCUT2D eigenvalue weighted by Gasteiger charge is -2.08. The summed E-state index contributed by atoms with van der Waals surface area (Å²) >= 11 is 0. The van der Waals surface area contributed by atoms with Crippen LogP contribution in [0.2, 0.25) is 0 Å². The minimum absolute atomic E-state index is 0.264. The van der Waals surface area contributed by atoms with E-state index in [2.05, 4.69) is 32.9 Å². The Balaban J connectivity index is 2.98. The normalized spacial score (nSPS) is 10.6. The van der Waals surface area contributed by atoms with E-state index in [0.717, 1.165) is 30.4 Å². The zero-order chi connectivity index (χ0) is 11.3. The Labute approximate surface area is 93.1 Å². The Morgan fingerprint density at radius 2 is 1.53 bits per heavy atom. The summed E-state index contributed by atoms with van der Waals surface area (Å²) in [4.78, 5) is 0. The van der Waals surface area contributed by atoms with E-state index >= 15 is 0 Å². The van der Waals surface area contributed by atoms with Gasteiger partial charge in [-0.2, -0.15) is 0 Å². The molecule has 0 saturated carbocycles. The van der Waals surface area contributed by atoms with Crippen molar-refractivity contribution in [1.29, 1.82) is 0 Å². The van der Waals surface area contributed by atoms with Crippen molar-refractivity contribution >= 4 is 0 Å². The molecule has 0 atom stereocenters. The van der Waals surface area contributed by atoms with Crippen LogP contribution in [0.5, 0.6) is 5.75 Å². The highest BCUT2D eigenvalue weighted by Crippen LogP contribution is 2.27. The van der Waals surface area contributed by atoms with E-state index < -0.39 is 0 Å². The first kappa shape index (κ1) is 12.1. The molecule has 0 amide bonds. The van der Waals surface area contributed by atoms with Crippen LogP contribution in [0.1, 0.15) is 50.3 Å². The van der Waals surface area contributed by atoms with Crippen LogP contribution in [0.3, 0.4) is 0 Å². The minimum atomic E-state index is 0.264. The van der Waals surface area contributed by atoms with E-state index in [1.54, 1.807) is 0 Å². The Hall–Kier alpha value is -0.980. The molecular weight excluding hydrogens is 184 g/mol. The van der Waals surface area contributed by atoms with Gasteiger partial charge >= 0.3 is 0 Å². The monoisotopic (exact) mass is 205 g/mol. The Kier molecular flexibility index (Phi) is 4.67. The standard InChI is InChI=1S/C14H21O/c1-4-7-8-11-9-12(5-2)14(15)13(6-3)10-11/h9-10H,4-8H2,1-3H3. The molecule has 1 aromatic rings. The van der Waals surface area contributed by atoms with Gasteiger partial charge in [0.2, 0.25) is 0 Å². The van der Waals surface area contributed by atoms with Crippen molar-refractivity contribution in [3.8, 4) is 5.75 Å². The van der Waals surface area contributed by atoms with E-state index in [-0.39, 0.29) is 5.75 Å². The molecule has 0 N–H and O–H groups in total. The molecule has 0 aliphatic carbocycles. The van der Waals surface area contributed by atoms with Gasteiger partial charge in [0, 0.05) is 0 Å². The van der Waals surface area contributed by atoms with Crippen molar-refractivity contribution in [2.24, 2.45) is 0 Å². The van der Waals surface area contributed by atoms with Gasteiger partial charge in [-0.15, -0.1) is 0 Å². The number of hydrogen-bond donors (Lipinski definition) is 0. The van der Waals surface area contributed by atoms with Gasteiger partial charge in [0.25, 0.3) is 0 Å². The van der Waals surface area contributed by atoms with Gasteiger partial charge in [0.1, 0.15) is 0 Å². The summed E-state index contributed by atoms with van der Waals surface area (Å²) in [6, 6.07) is 4.19. The molecule has 0 unspecified atom stereocenters. The zero-order valence-electron chi connectivity index (χ0n) is 10.1. The third-order valence-electron chi connectivity index (χ3n) is 2.88. The SMILES string of the molecule is CCCCc1cc(CC)c([O])c(CC)c1. The fourth-order valence-corrected chi connectivity index (χ4v) is 1.88. The lowest BCUT2D eigenvalue weighted by molar-refractivity contribution is 0.345. The predicted octanol–water partition coefficient (Wildman–Crippen LogP) is 4.30. The fourth-order valence-electron chi connectivity index (χ4n) is 1.88. The fraction of sp³-hybridized carbons (Fsp3) is 0.571. The molecule has 0 bridgehead atoms. The topological polar surface area (TPSA) is 19.9 Å². The highest BCUT2D eigenvalue weighted by molar-refractivity contribution is 5.43. The second-order valence-electron chi connectivity index (χ2n) is 4.05. The van der Waals surface area contributed by atoms with Crippen LogP contribution in [0.4, 0.5) is 0 Å². The molecule has 0 aliphatic heterocycles. The molecule has 1 rings (SSSR count). The van der Waals surface area contributed by atoms with Crippen LogP contribution < -0.4 is 0 Å². The van der Waals surface area contributed by atoms with Gasteiger partial charge in [-0.1, -0.05) is 39.3 Å². The molecule has 1 aromatic carbocycles. The maximum atomic E-state index is 11.9. The van der Waals surface area contributed by atoms with E-state index in [9.17, 15) is 5.11 Å². The van der Waals surface area contributed by atoms with E-state index in [4.69, 9.17) is 0 Å². The van der Waals surface area contributed by atoms with Gasteiger partial charge in [-0.3, -0.25) is 5.11 Å². The van der Waals surface area contributed by atoms with Gasteiger partial charge < -0.3 is 0 Å². The van der Waals surface area contributed by atoms with Crippen LogP contribution in [-0.4, -0.2) is 0 Å². The number of hydrogen-bond acceptors (Lipinski definition) is 0. The average molecular weight is 205 g/mol. The number of benzene rings is 1. The highest BCUT2D eigenvalue weighted by atomic mass is 16.3. The molecule has 0 aliphatic rings. The summed E-state index contributed by atoms with van der Waals surface area (Å²) in [6.45, 7) is 6.31. The molecule has 83 valence electrons. The number of unbranched alkanes of at least 4 members (excludes halogenated alkanes) is 1. The van der Waals surface area contributed by atoms with E-state index in [1.165, 1.54) is 18.4 Å². The third kappa shape index (κ3) is 2.98. The van der Waals surface area contributed by atoms with E-state index in [0.29, 0.717) is 0 Å². The molecule has 0 aromatic heterocycles. The molecule has 1 radical (unpaired) electrons. The first-order valence-corrected chi connectivity index (χ1v) is 6.04. The third-order valence-corrected chi connectivity index (χ3v) is 2.88. The Morgan fingerprint density at radius 3 is 1.93 bits per heavy atom. The van der Waals surface area contributed by atoms with Crippen LogP contribution in [0.25, 0.3) is 0 Å². The van der Waals surface area contributed by atoms with Crippen LogP contribution in [0.15, 0.2) is 12.1 Å². The number of rotatable bonds is 5. The van der Waals surface area contributed by atoms with Crippen molar-refractivity contribution in [3.63, 3.8) is 0 Å². The second kappa shape index (κ2) is 5.79. The predicted molar refractivity (Wildman–Crippen MR) is 63.9 cm³/mol. The largest absolute Gasteiger partial charge is 0.289 e. The lowest BCUT2D eigenvalue weighted by Crippen LogP contribution is -1.93. The Morgan fingerprint density at radius 1 is 1.00 bits per heavy atom. The summed E-state index contributed by atoms with van der Waals surface area (Å²) in [5.41, 5.74) is 3.31. The summed E-state index contributed by atoms with van der Waals surface area (Å²) in [5.74, 6) is 0.264. The molecular formula is C14H21O. The average Bonchev–Trinajstić information content (AvgIpc) is 2.27. The quantitative estimate of drug-likeness (QED) is 0.683. The maximum Gasteiger partial charge on any atom is 0.184 e. The molecule has 0 fully saturated rings. The van der Waals surface area contributed by atoms with Crippen LogP contribution in [0, 0.1) is 0 Å². The highest BCUT2D eigenvalue weighted by Gasteiger charge is 2.08. The second-order valence-corrected chi connectivity index (χ2v) is 4.05. The van der Waals surface area contributed by atoms with Crippen LogP contribution >= 0.6 is 0 Å². The summed E-state index contributed by atoms with van der Waals surface area (Å²) in [5, 5.41) is 11.9. The van der Waals surface area contributed by atoms with Crippen molar-refractivity contribution in [1.82, 2.24) is 0 Å². The summed E-state index contributed by atoms with van der Waals surface area (Å²) in [7, 11) is 0. The molecule has 1 nitrogen and oxygen atoms in total. The molecule has 0 heterocycles. The van der Waals surface area contributed by atoms with Crippen LogP contribution in [-0.2, 0) is 24.4 Å².